The van der Waals surface area contributed by atoms with Gasteiger partial charge in [-0.2, -0.15) is 0 Å². The molecule has 0 aliphatic rings. The minimum absolute atomic E-state index is 0. The number of benzene rings is 1. The highest BCUT2D eigenvalue weighted by Crippen LogP contribution is 2.23. The van der Waals surface area contributed by atoms with Gasteiger partial charge in [0.2, 0.25) is 5.91 Å². The zero-order chi connectivity index (χ0) is 13.8. The molecule has 0 bridgehead atoms. The number of thiazole rings is 1. The van der Waals surface area contributed by atoms with Crippen LogP contribution in [0.4, 0.5) is 5.69 Å². The number of amides is 1. The smallest absolute Gasteiger partial charge is 0.224 e. The number of rotatable bonds is 4. The third-order valence-corrected chi connectivity index (χ3v) is 3.45. The van der Waals surface area contributed by atoms with E-state index < -0.39 is 0 Å². The van der Waals surface area contributed by atoms with Crippen LogP contribution in [0.1, 0.15) is 25.3 Å². The topological polar surface area (TPSA) is 42.0 Å². The molecular weight excluding hydrogens is 292 g/mol. The molecule has 1 aromatic carbocycles. The average Bonchev–Trinajstić information content (AvgIpc) is 2.75. The van der Waals surface area contributed by atoms with Gasteiger partial charge in [0, 0.05) is 23.1 Å². The largest absolute Gasteiger partial charge is 0.326 e. The first kappa shape index (κ1) is 16.7. The molecule has 108 valence electrons. The molecule has 20 heavy (non-hydrogen) atoms. The highest BCUT2D eigenvalue weighted by Gasteiger charge is 2.06. The van der Waals surface area contributed by atoms with Crippen molar-refractivity contribution >= 4 is 35.3 Å². The molecule has 5 heteroatoms. The fourth-order valence-corrected chi connectivity index (χ4v) is 2.43. The van der Waals surface area contributed by atoms with E-state index in [4.69, 9.17) is 0 Å². The van der Waals surface area contributed by atoms with E-state index in [1.165, 1.54) is 0 Å². The fourth-order valence-electron chi connectivity index (χ4n) is 1.80. The van der Waals surface area contributed by atoms with Crippen molar-refractivity contribution in [2.75, 3.05) is 5.32 Å². The van der Waals surface area contributed by atoms with Crippen molar-refractivity contribution in [1.82, 2.24) is 4.98 Å². The Kier molecular flexibility index (Phi) is 6.17. The zero-order valence-corrected chi connectivity index (χ0v) is 13.5. The van der Waals surface area contributed by atoms with Gasteiger partial charge in [-0.3, -0.25) is 4.79 Å². The van der Waals surface area contributed by atoms with E-state index in [-0.39, 0.29) is 18.3 Å². The quantitative estimate of drug-likeness (QED) is 0.901. The maximum absolute atomic E-state index is 11.7. The van der Waals surface area contributed by atoms with Crippen LogP contribution in [0.25, 0.3) is 11.3 Å². The average molecular weight is 311 g/mol. The Hall–Kier alpha value is -1.39. The van der Waals surface area contributed by atoms with Gasteiger partial charge in [-0.1, -0.05) is 26.0 Å². The summed E-state index contributed by atoms with van der Waals surface area (Å²) in [4.78, 5) is 16.1. The standard InChI is InChI=1S/C15H18N2OS.ClH/c1-10(2)8-15(18)17-13-6-4-12(5-7-13)14-9-19-11(3)16-14;/h4-7,9-10H,8H2,1-3H3,(H,17,18);1H. The highest BCUT2D eigenvalue weighted by atomic mass is 35.5. The van der Waals surface area contributed by atoms with Crippen molar-refractivity contribution < 1.29 is 4.79 Å². The number of aryl methyl sites for hydroxylation is 1. The van der Waals surface area contributed by atoms with Crippen molar-refractivity contribution in [2.45, 2.75) is 27.2 Å². The second-order valence-corrected chi connectivity index (χ2v) is 6.04. The van der Waals surface area contributed by atoms with E-state index in [0.717, 1.165) is 22.0 Å². The normalized spacial score (nSPS) is 10.2. The van der Waals surface area contributed by atoms with Gasteiger partial charge in [-0.15, -0.1) is 23.7 Å². The van der Waals surface area contributed by atoms with Gasteiger partial charge in [0.25, 0.3) is 0 Å². The van der Waals surface area contributed by atoms with Crippen LogP contribution in [0.3, 0.4) is 0 Å². The molecule has 0 saturated carbocycles. The van der Waals surface area contributed by atoms with Crippen LogP contribution in [0.5, 0.6) is 0 Å². The Labute approximate surface area is 129 Å². The number of nitrogens with one attached hydrogen (secondary N) is 1. The third-order valence-electron chi connectivity index (χ3n) is 2.68. The number of anilines is 1. The summed E-state index contributed by atoms with van der Waals surface area (Å²) in [5.74, 6) is 0.435. The summed E-state index contributed by atoms with van der Waals surface area (Å²) in [6.45, 7) is 6.06. The molecule has 0 radical (unpaired) electrons. The Morgan fingerprint density at radius 2 is 1.95 bits per heavy atom. The number of halogens is 1. The van der Waals surface area contributed by atoms with Crippen molar-refractivity contribution in [3.63, 3.8) is 0 Å². The summed E-state index contributed by atoms with van der Waals surface area (Å²) in [6, 6.07) is 7.81. The minimum atomic E-state index is 0. The predicted octanol–water partition coefficient (Wildman–Crippen LogP) is 4.52. The summed E-state index contributed by atoms with van der Waals surface area (Å²) in [6.07, 6.45) is 0.549. The Bertz CT molecular complexity index is 564. The van der Waals surface area contributed by atoms with Crippen LogP contribution in [0.2, 0.25) is 0 Å². The van der Waals surface area contributed by atoms with Crippen LogP contribution >= 0.6 is 23.7 Å². The molecule has 0 fully saturated rings. The third kappa shape index (κ3) is 4.62. The van der Waals surface area contributed by atoms with Crippen molar-refractivity contribution in [1.29, 1.82) is 0 Å². The molecule has 1 heterocycles. The molecule has 0 aliphatic heterocycles. The molecule has 0 atom stereocenters. The molecule has 0 saturated heterocycles. The lowest BCUT2D eigenvalue weighted by Gasteiger charge is -2.07. The van der Waals surface area contributed by atoms with E-state index in [9.17, 15) is 4.79 Å². The second kappa shape index (κ2) is 7.41. The van der Waals surface area contributed by atoms with Gasteiger partial charge >= 0.3 is 0 Å². The SMILES string of the molecule is Cc1nc(-c2ccc(NC(=O)CC(C)C)cc2)cs1.Cl. The number of hydrogen-bond acceptors (Lipinski definition) is 3. The molecule has 3 nitrogen and oxygen atoms in total. The summed E-state index contributed by atoms with van der Waals surface area (Å²) < 4.78 is 0. The number of hydrogen-bond donors (Lipinski definition) is 1. The molecule has 2 rings (SSSR count). The molecule has 2 aromatic rings. The summed E-state index contributed by atoms with van der Waals surface area (Å²) in [5, 5.41) is 6.00. The first-order chi connectivity index (χ1) is 9.04. The van der Waals surface area contributed by atoms with Crippen molar-refractivity contribution in [3.8, 4) is 11.3 Å². The molecular formula is C15H19ClN2OS. The predicted molar refractivity (Wildman–Crippen MR) is 87.6 cm³/mol. The van der Waals surface area contributed by atoms with Gasteiger partial charge in [0.05, 0.1) is 10.7 Å². The Morgan fingerprint density at radius 3 is 2.45 bits per heavy atom. The first-order valence-corrected chi connectivity index (χ1v) is 7.25. The molecule has 0 aliphatic carbocycles. The highest BCUT2D eigenvalue weighted by molar-refractivity contribution is 7.09. The number of aromatic nitrogens is 1. The zero-order valence-electron chi connectivity index (χ0n) is 11.8. The lowest BCUT2D eigenvalue weighted by molar-refractivity contribution is -0.116. The lowest BCUT2D eigenvalue weighted by atomic mass is 10.1. The Morgan fingerprint density at radius 1 is 1.30 bits per heavy atom. The van der Waals surface area contributed by atoms with E-state index in [2.05, 4.69) is 10.3 Å². The number of carbonyl (C=O) groups excluding carboxylic acids is 1. The second-order valence-electron chi connectivity index (χ2n) is 4.98. The Balaban J connectivity index is 0.00000200. The van der Waals surface area contributed by atoms with Gasteiger partial charge < -0.3 is 5.32 Å². The molecule has 1 amide bonds. The van der Waals surface area contributed by atoms with Crippen LogP contribution in [-0.4, -0.2) is 10.9 Å². The number of nitrogens with zero attached hydrogens (tertiary/aromatic N) is 1. The maximum Gasteiger partial charge on any atom is 0.224 e. The van der Waals surface area contributed by atoms with Gasteiger partial charge in [-0.25, -0.2) is 4.98 Å². The van der Waals surface area contributed by atoms with E-state index >= 15 is 0 Å². The van der Waals surface area contributed by atoms with Gasteiger partial charge in [-0.05, 0) is 25.0 Å². The van der Waals surface area contributed by atoms with Crippen molar-refractivity contribution in [2.24, 2.45) is 5.92 Å². The van der Waals surface area contributed by atoms with Crippen LogP contribution in [0, 0.1) is 12.8 Å². The first-order valence-electron chi connectivity index (χ1n) is 6.37. The fraction of sp³-hybridized carbons (Fsp3) is 0.333. The van der Waals surface area contributed by atoms with Crippen LogP contribution < -0.4 is 5.32 Å². The van der Waals surface area contributed by atoms with E-state index in [0.29, 0.717) is 12.3 Å². The lowest BCUT2D eigenvalue weighted by Crippen LogP contribution is -2.13. The minimum Gasteiger partial charge on any atom is -0.326 e. The molecule has 0 unspecified atom stereocenters. The summed E-state index contributed by atoms with van der Waals surface area (Å²) in [7, 11) is 0. The van der Waals surface area contributed by atoms with Gasteiger partial charge in [0.1, 0.15) is 0 Å². The van der Waals surface area contributed by atoms with E-state index in [1.807, 2.05) is 50.4 Å². The monoisotopic (exact) mass is 310 g/mol. The van der Waals surface area contributed by atoms with E-state index in [1.54, 1.807) is 11.3 Å². The molecule has 1 aromatic heterocycles. The molecule has 0 spiro atoms. The van der Waals surface area contributed by atoms with Crippen LogP contribution in [-0.2, 0) is 4.79 Å². The van der Waals surface area contributed by atoms with Crippen LogP contribution in [0.15, 0.2) is 29.6 Å². The summed E-state index contributed by atoms with van der Waals surface area (Å²) >= 11 is 1.64. The molecule has 1 N–H and O–H groups in total. The summed E-state index contributed by atoms with van der Waals surface area (Å²) in [5.41, 5.74) is 2.90. The van der Waals surface area contributed by atoms with Crippen molar-refractivity contribution in [3.05, 3.63) is 34.7 Å². The maximum atomic E-state index is 11.7. The van der Waals surface area contributed by atoms with Gasteiger partial charge in [0.15, 0.2) is 0 Å². The number of carbonyl (C=O) groups is 1.